The summed E-state index contributed by atoms with van der Waals surface area (Å²) in [6.45, 7) is 8.17. The highest BCUT2D eigenvalue weighted by molar-refractivity contribution is 5.79. The van der Waals surface area contributed by atoms with Crippen molar-refractivity contribution in [3.63, 3.8) is 0 Å². The van der Waals surface area contributed by atoms with Crippen LogP contribution in [0.4, 0.5) is 4.79 Å². The van der Waals surface area contributed by atoms with Gasteiger partial charge >= 0.3 is 12.0 Å². The van der Waals surface area contributed by atoms with Gasteiger partial charge in [-0.05, 0) is 40.5 Å². The van der Waals surface area contributed by atoms with Gasteiger partial charge in [0.1, 0.15) is 0 Å². The molecule has 18 heavy (non-hydrogen) atoms. The Hall–Kier alpha value is -1.26. The number of carboxylic acid groups (broad SMARTS) is 1. The Labute approximate surface area is 109 Å². The predicted octanol–water partition coefficient (Wildman–Crippen LogP) is 2.07. The average Bonchev–Trinajstić information content (AvgIpc) is 2.62. The van der Waals surface area contributed by atoms with Gasteiger partial charge in [-0.25, -0.2) is 4.79 Å². The van der Waals surface area contributed by atoms with Crippen LogP contribution in [0.2, 0.25) is 0 Å². The van der Waals surface area contributed by atoms with E-state index in [1.807, 2.05) is 20.8 Å². The van der Waals surface area contributed by atoms with Crippen molar-refractivity contribution in [3.8, 4) is 0 Å². The first-order valence-electron chi connectivity index (χ1n) is 6.63. The number of rotatable bonds is 4. The lowest BCUT2D eigenvalue weighted by molar-refractivity contribution is -0.148. The van der Waals surface area contributed by atoms with E-state index in [0.717, 1.165) is 12.8 Å². The summed E-state index contributed by atoms with van der Waals surface area (Å²) < 4.78 is 0. The number of urea groups is 1. The fourth-order valence-electron chi connectivity index (χ4n) is 2.63. The standard InChI is InChI=1S/C13H24N2O3/c1-5-15(9(2)3)12(18)14-10-7-6-8-13(10,4)11(16)17/h9-10H,5-8H2,1-4H3,(H,14,18)(H,16,17). The lowest BCUT2D eigenvalue weighted by Gasteiger charge is -2.32. The van der Waals surface area contributed by atoms with Crippen molar-refractivity contribution < 1.29 is 14.7 Å². The van der Waals surface area contributed by atoms with Crippen LogP contribution in [0.15, 0.2) is 0 Å². The Kier molecular flexibility index (Phi) is 4.59. The van der Waals surface area contributed by atoms with Crippen LogP contribution in [0.5, 0.6) is 0 Å². The highest BCUT2D eigenvalue weighted by Crippen LogP contribution is 2.38. The molecular weight excluding hydrogens is 232 g/mol. The van der Waals surface area contributed by atoms with Gasteiger partial charge in [-0.2, -0.15) is 0 Å². The molecule has 1 rings (SSSR count). The molecule has 0 heterocycles. The Bertz CT molecular complexity index is 330. The summed E-state index contributed by atoms with van der Waals surface area (Å²) in [6, 6.07) is -0.310. The van der Waals surface area contributed by atoms with Crippen molar-refractivity contribution >= 4 is 12.0 Å². The number of nitrogens with one attached hydrogen (secondary N) is 1. The van der Waals surface area contributed by atoms with E-state index in [1.165, 1.54) is 0 Å². The smallest absolute Gasteiger partial charge is 0.317 e. The van der Waals surface area contributed by atoms with Crippen molar-refractivity contribution in [1.29, 1.82) is 0 Å². The zero-order valence-corrected chi connectivity index (χ0v) is 11.7. The molecule has 5 heteroatoms. The van der Waals surface area contributed by atoms with Crippen LogP contribution < -0.4 is 5.32 Å². The third-order valence-electron chi connectivity index (χ3n) is 3.97. The van der Waals surface area contributed by atoms with Crippen LogP contribution in [0.25, 0.3) is 0 Å². The topological polar surface area (TPSA) is 69.6 Å². The molecule has 2 unspecified atom stereocenters. The Morgan fingerprint density at radius 2 is 2.11 bits per heavy atom. The Balaban J connectivity index is 2.72. The molecule has 0 aromatic heterocycles. The third-order valence-corrected chi connectivity index (χ3v) is 3.97. The van der Waals surface area contributed by atoms with Crippen molar-refractivity contribution in [2.75, 3.05) is 6.54 Å². The summed E-state index contributed by atoms with van der Waals surface area (Å²) in [6.07, 6.45) is 2.22. The first kappa shape index (κ1) is 14.8. The van der Waals surface area contributed by atoms with Gasteiger partial charge < -0.3 is 15.3 Å². The SMILES string of the molecule is CCN(C(=O)NC1CCCC1(C)C(=O)O)C(C)C. The number of carbonyl (C=O) groups excluding carboxylic acids is 1. The van der Waals surface area contributed by atoms with Crippen LogP contribution >= 0.6 is 0 Å². The lowest BCUT2D eigenvalue weighted by atomic mass is 9.85. The third kappa shape index (κ3) is 2.76. The van der Waals surface area contributed by atoms with Crippen LogP contribution in [0.1, 0.15) is 47.0 Å². The molecule has 1 fully saturated rings. The van der Waals surface area contributed by atoms with Crippen molar-refractivity contribution in [2.24, 2.45) is 5.41 Å². The van der Waals surface area contributed by atoms with Gasteiger partial charge in [0.2, 0.25) is 0 Å². The number of nitrogens with zero attached hydrogens (tertiary/aromatic N) is 1. The summed E-state index contributed by atoms with van der Waals surface area (Å²) in [5, 5.41) is 12.2. The second-order valence-corrected chi connectivity index (χ2v) is 5.50. The van der Waals surface area contributed by atoms with Gasteiger partial charge in [0.05, 0.1) is 5.41 Å². The largest absolute Gasteiger partial charge is 0.481 e. The Morgan fingerprint density at radius 3 is 2.56 bits per heavy atom. The molecule has 104 valence electrons. The number of carboxylic acids is 1. The van der Waals surface area contributed by atoms with E-state index in [-0.39, 0.29) is 18.1 Å². The van der Waals surface area contributed by atoms with E-state index in [4.69, 9.17) is 0 Å². The van der Waals surface area contributed by atoms with Gasteiger partial charge in [0, 0.05) is 18.6 Å². The van der Waals surface area contributed by atoms with Crippen LogP contribution in [-0.2, 0) is 4.79 Å². The minimum atomic E-state index is -0.827. The predicted molar refractivity (Wildman–Crippen MR) is 69.4 cm³/mol. The van der Waals surface area contributed by atoms with E-state index in [9.17, 15) is 14.7 Å². The molecule has 2 atom stereocenters. The van der Waals surface area contributed by atoms with Gasteiger partial charge in [-0.1, -0.05) is 6.42 Å². The van der Waals surface area contributed by atoms with E-state index in [1.54, 1.807) is 11.8 Å². The van der Waals surface area contributed by atoms with Gasteiger partial charge in [0.15, 0.2) is 0 Å². The van der Waals surface area contributed by atoms with E-state index < -0.39 is 11.4 Å². The summed E-state index contributed by atoms with van der Waals surface area (Å²) in [4.78, 5) is 25.1. The molecule has 0 saturated heterocycles. The first-order chi connectivity index (χ1) is 8.32. The number of hydrogen-bond donors (Lipinski definition) is 2. The fourth-order valence-corrected chi connectivity index (χ4v) is 2.63. The molecule has 1 saturated carbocycles. The minimum absolute atomic E-state index is 0.118. The highest BCUT2D eigenvalue weighted by Gasteiger charge is 2.46. The van der Waals surface area contributed by atoms with Crippen molar-refractivity contribution in [1.82, 2.24) is 10.2 Å². The zero-order valence-electron chi connectivity index (χ0n) is 11.7. The second-order valence-electron chi connectivity index (χ2n) is 5.50. The number of carbonyl (C=O) groups is 2. The molecule has 0 spiro atoms. The molecule has 2 amide bonds. The second kappa shape index (κ2) is 5.59. The van der Waals surface area contributed by atoms with E-state index in [0.29, 0.717) is 13.0 Å². The zero-order chi connectivity index (χ0) is 13.9. The van der Waals surface area contributed by atoms with Crippen LogP contribution in [-0.4, -0.2) is 40.6 Å². The average molecular weight is 256 g/mol. The van der Waals surface area contributed by atoms with Crippen molar-refractivity contribution in [2.45, 2.75) is 59.0 Å². The summed E-state index contributed by atoms with van der Waals surface area (Å²) in [5.74, 6) is -0.821. The van der Waals surface area contributed by atoms with Gasteiger partial charge in [-0.3, -0.25) is 4.79 Å². The first-order valence-corrected chi connectivity index (χ1v) is 6.63. The van der Waals surface area contributed by atoms with Crippen molar-refractivity contribution in [3.05, 3.63) is 0 Å². The maximum atomic E-state index is 12.1. The maximum Gasteiger partial charge on any atom is 0.317 e. The van der Waals surface area contributed by atoms with Gasteiger partial charge in [-0.15, -0.1) is 0 Å². The number of aliphatic carboxylic acids is 1. The molecule has 0 bridgehead atoms. The highest BCUT2D eigenvalue weighted by atomic mass is 16.4. The van der Waals surface area contributed by atoms with E-state index in [2.05, 4.69) is 5.32 Å². The van der Waals surface area contributed by atoms with Crippen LogP contribution in [0, 0.1) is 5.41 Å². The molecule has 1 aliphatic rings. The monoisotopic (exact) mass is 256 g/mol. The summed E-state index contributed by atoms with van der Waals surface area (Å²) >= 11 is 0. The lowest BCUT2D eigenvalue weighted by Crippen LogP contribution is -2.52. The molecule has 5 nitrogen and oxygen atoms in total. The molecule has 0 aromatic rings. The molecule has 1 aliphatic carbocycles. The van der Waals surface area contributed by atoms with Crippen LogP contribution in [0.3, 0.4) is 0 Å². The fraction of sp³-hybridized carbons (Fsp3) is 0.846. The normalized spacial score (nSPS) is 27.3. The molecule has 0 aliphatic heterocycles. The summed E-state index contributed by atoms with van der Waals surface area (Å²) in [5.41, 5.74) is -0.827. The summed E-state index contributed by atoms with van der Waals surface area (Å²) in [7, 11) is 0. The maximum absolute atomic E-state index is 12.1. The molecular formula is C13H24N2O3. The number of amides is 2. The number of hydrogen-bond acceptors (Lipinski definition) is 2. The van der Waals surface area contributed by atoms with Gasteiger partial charge in [0.25, 0.3) is 0 Å². The molecule has 0 radical (unpaired) electrons. The molecule has 0 aromatic carbocycles. The Morgan fingerprint density at radius 1 is 1.50 bits per heavy atom. The minimum Gasteiger partial charge on any atom is -0.481 e. The molecule has 2 N–H and O–H groups in total. The van der Waals surface area contributed by atoms with E-state index >= 15 is 0 Å². The quantitative estimate of drug-likeness (QED) is 0.809.